The molecule has 72 heavy (non-hydrogen) atoms. The quantitative estimate of drug-likeness (QED) is 0.105. The van der Waals surface area contributed by atoms with Crippen molar-refractivity contribution in [3.8, 4) is 22.6 Å². The van der Waals surface area contributed by atoms with Crippen LogP contribution in [0.5, 0.6) is 11.5 Å². The Morgan fingerprint density at radius 2 is 1.10 bits per heavy atom. The first-order valence-corrected chi connectivity index (χ1v) is 29.7. The van der Waals surface area contributed by atoms with Crippen LogP contribution in [0.2, 0.25) is 5.15 Å². The van der Waals surface area contributed by atoms with Gasteiger partial charge in [0.25, 0.3) is 0 Å². The SMILES string of the molecule is CC(C)(C)Cc1cc2c(c(Cl)n1)OC1(CCC1)C[C@@H]2N.CC(C)(C)Cc1cc2c(c(Nc3ccccc3)n1)OC1(CCC1)C[C@@H]2N.Cc1cccc(P(C2CCCCC2)C2CCCCC2)c1-c1ccccc1. The van der Waals surface area contributed by atoms with E-state index in [1.54, 1.807) is 10.9 Å². The Balaban J connectivity index is 0.000000135. The van der Waals surface area contributed by atoms with E-state index >= 15 is 0 Å². The van der Waals surface area contributed by atoms with Gasteiger partial charge in [0.1, 0.15) is 11.2 Å². The molecule has 0 saturated heterocycles. The molecule has 4 saturated carbocycles. The smallest absolute Gasteiger partial charge is 0.173 e. The van der Waals surface area contributed by atoms with Crippen molar-refractivity contribution in [2.75, 3.05) is 5.32 Å². The number of fused-ring (bicyclic) bond motifs is 2. The van der Waals surface area contributed by atoms with Crippen molar-refractivity contribution in [2.24, 2.45) is 22.3 Å². The van der Waals surface area contributed by atoms with E-state index in [1.807, 2.05) is 30.3 Å². The van der Waals surface area contributed by atoms with E-state index in [0.717, 1.165) is 108 Å². The number of ether oxygens (including phenoxy) is 2. The summed E-state index contributed by atoms with van der Waals surface area (Å²) in [7, 11) is -0.0527. The number of aromatic nitrogens is 2. The molecule has 3 aromatic carbocycles. The molecule has 6 aliphatic rings. The van der Waals surface area contributed by atoms with Gasteiger partial charge in [-0.3, -0.25) is 0 Å². The maximum Gasteiger partial charge on any atom is 0.173 e. The molecule has 386 valence electrons. The van der Waals surface area contributed by atoms with Gasteiger partial charge in [0, 0.05) is 53.1 Å². The van der Waals surface area contributed by atoms with Gasteiger partial charge in [-0.05, 0) is 152 Å². The number of aryl methyl sites for hydroxylation is 1. The molecule has 7 nitrogen and oxygen atoms in total. The summed E-state index contributed by atoms with van der Waals surface area (Å²) in [6.07, 6.45) is 25.1. The van der Waals surface area contributed by atoms with Crippen LogP contribution in [0, 0.1) is 17.8 Å². The summed E-state index contributed by atoms with van der Waals surface area (Å²) in [6.45, 7) is 15.6. The summed E-state index contributed by atoms with van der Waals surface area (Å²) < 4.78 is 12.7. The Hall–Kier alpha value is -4.00. The van der Waals surface area contributed by atoms with Crippen molar-refractivity contribution in [1.29, 1.82) is 0 Å². The van der Waals surface area contributed by atoms with Crippen molar-refractivity contribution in [3.63, 3.8) is 0 Å². The molecule has 2 aliphatic heterocycles. The average molecular weight is 1010 g/mol. The molecule has 4 fully saturated rings. The highest BCUT2D eigenvalue weighted by molar-refractivity contribution is 7.67. The number of nitrogens with zero attached hydrogens (tertiary/aromatic N) is 2. The minimum atomic E-state index is -0.0766. The van der Waals surface area contributed by atoms with Gasteiger partial charge < -0.3 is 26.3 Å². The summed E-state index contributed by atoms with van der Waals surface area (Å²) in [4.78, 5) is 9.45. The number of benzene rings is 3. The summed E-state index contributed by atoms with van der Waals surface area (Å²) in [5.74, 6) is 2.38. The zero-order valence-corrected chi connectivity index (χ0v) is 46.5. The molecular weight excluding hydrogens is 925 g/mol. The number of para-hydroxylation sites is 1. The first kappa shape index (κ1) is 52.8. The van der Waals surface area contributed by atoms with Gasteiger partial charge in [-0.25, -0.2) is 9.97 Å². The second-order valence-corrected chi connectivity index (χ2v) is 28.0. The first-order chi connectivity index (χ1) is 34.5. The number of nitrogens with two attached hydrogens (primary N) is 2. The summed E-state index contributed by atoms with van der Waals surface area (Å²) >= 11 is 6.36. The molecule has 2 atom stereocenters. The Labute approximate surface area is 439 Å². The molecule has 4 aliphatic carbocycles. The van der Waals surface area contributed by atoms with E-state index in [-0.39, 0.29) is 42.0 Å². The predicted molar refractivity (Wildman–Crippen MR) is 304 cm³/mol. The molecule has 5 N–H and O–H groups in total. The summed E-state index contributed by atoms with van der Waals surface area (Å²) in [5, 5.41) is 5.68. The monoisotopic (exact) mass is 1010 g/mol. The lowest BCUT2D eigenvalue weighted by Gasteiger charge is -2.47. The second-order valence-electron chi connectivity index (χ2n) is 24.9. The van der Waals surface area contributed by atoms with E-state index < -0.39 is 0 Å². The third-order valence-corrected chi connectivity index (χ3v) is 20.0. The topological polar surface area (TPSA) is 108 Å². The highest BCUT2D eigenvalue weighted by Gasteiger charge is 2.47. The highest BCUT2D eigenvalue weighted by atomic mass is 35.5. The largest absolute Gasteiger partial charge is 0.484 e. The van der Waals surface area contributed by atoms with E-state index in [2.05, 4.69) is 119 Å². The molecule has 0 bridgehead atoms. The van der Waals surface area contributed by atoms with E-state index in [1.165, 1.54) is 88.2 Å². The molecule has 2 aromatic heterocycles. The van der Waals surface area contributed by atoms with Crippen molar-refractivity contribution >= 4 is 36.3 Å². The third-order valence-electron chi connectivity index (χ3n) is 16.2. The fourth-order valence-electron chi connectivity index (χ4n) is 12.5. The van der Waals surface area contributed by atoms with Gasteiger partial charge in [0.2, 0.25) is 0 Å². The molecule has 0 unspecified atom stereocenters. The van der Waals surface area contributed by atoms with Gasteiger partial charge >= 0.3 is 0 Å². The second kappa shape index (κ2) is 22.5. The minimum Gasteiger partial charge on any atom is -0.484 e. The molecular formula is C63H85ClN5O2P. The van der Waals surface area contributed by atoms with Crippen LogP contribution in [0.15, 0.2) is 91.0 Å². The number of rotatable bonds is 8. The molecule has 4 heterocycles. The minimum absolute atomic E-state index is 0.0112. The van der Waals surface area contributed by atoms with Gasteiger partial charge in [0.05, 0.1) is 0 Å². The first-order valence-electron chi connectivity index (χ1n) is 27.8. The normalized spacial score (nSPS) is 21.3. The molecule has 2 spiro atoms. The van der Waals surface area contributed by atoms with Crippen LogP contribution in [0.25, 0.3) is 11.1 Å². The number of pyridine rings is 2. The lowest BCUT2D eigenvalue weighted by Crippen LogP contribution is -2.48. The van der Waals surface area contributed by atoms with Crippen molar-refractivity contribution < 1.29 is 9.47 Å². The van der Waals surface area contributed by atoms with Gasteiger partial charge in [-0.2, -0.15) is 0 Å². The van der Waals surface area contributed by atoms with Crippen molar-refractivity contribution in [1.82, 2.24) is 9.97 Å². The van der Waals surface area contributed by atoms with Crippen molar-refractivity contribution in [3.05, 3.63) is 124 Å². The average Bonchev–Trinajstić information content (AvgIpc) is 3.32. The highest BCUT2D eigenvalue weighted by Crippen LogP contribution is 2.57. The maximum atomic E-state index is 6.59. The number of nitrogens with one attached hydrogen (secondary N) is 1. The number of halogens is 1. The van der Waals surface area contributed by atoms with E-state index in [0.29, 0.717) is 5.15 Å². The van der Waals surface area contributed by atoms with Crippen LogP contribution in [0.3, 0.4) is 0 Å². The Kier molecular flexibility index (Phi) is 16.5. The van der Waals surface area contributed by atoms with Gasteiger partial charge in [-0.15, -0.1) is 0 Å². The lowest BCUT2D eigenvalue weighted by atomic mass is 9.73. The van der Waals surface area contributed by atoms with Crippen LogP contribution in [0.4, 0.5) is 11.5 Å². The van der Waals surface area contributed by atoms with E-state index in [4.69, 9.17) is 37.5 Å². The summed E-state index contributed by atoms with van der Waals surface area (Å²) in [5.41, 5.74) is 24.8. The van der Waals surface area contributed by atoms with Crippen LogP contribution >= 0.6 is 19.5 Å². The molecule has 0 amide bonds. The summed E-state index contributed by atoms with van der Waals surface area (Å²) in [6, 6.07) is 32.8. The fraction of sp³-hybridized carbons (Fsp3) is 0.556. The van der Waals surface area contributed by atoms with Gasteiger partial charge in [0.15, 0.2) is 22.5 Å². The number of hydrogen-bond acceptors (Lipinski definition) is 7. The molecule has 11 rings (SSSR count). The third kappa shape index (κ3) is 12.7. The zero-order chi connectivity index (χ0) is 50.7. The molecule has 9 heteroatoms. The van der Waals surface area contributed by atoms with E-state index in [9.17, 15) is 0 Å². The predicted octanol–water partition coefficient (Wildman–Crippen LogP) is 16.6. The van der Waals surface area contributed by atoms with Gasteiger partial charge in [-0.1, -0.05) is 166 Å². The molecule has 5 aromatic rings. The number of hydrogen-bond donors (Lipinski definition) is 3. The van der Waals surface area contributed by atoms with Crippen LogP contribution in [0.1, 0.15) is 197 Å². The Morgan fingerprint density at radius 1 is 0.611 bits per heavy atom. The fourth-order valence-corrected chi connectivity index (χ4v) is 16.8. The molecule has 0 radical (unpaired) electrons. The van der Waals surface area contributed by atoms with Crippen LogP contribution in [-0.2, 0) is 12.8 Å². The Morgan fingerprint density at radius 3 is 1.60 bits per heavy atom. The maximum absolute atomic E-state index is 6.59. The van der Waals surface area contributed by atoms with Crippen LogP contribution in [-0.4, -0.2) is 32.5 Å². The standard InChI is InChI=1S/C25H33P.C22H29N3O.C16H23ClN2O/c1-20-12-11-19-24(25(20)21-13-5-2-6-14-21)26(22-15-7-3-8-16-22)23-17-9-4-10-18-23;1-21(2,3)13-16-12-17-18(23)14-22(10-7-11-22)26-19(17)20(25-16)24-15-8-5-4-6-9-15;1-15(2,3)8-10-7-11-12(18)9-16(5-4-6-16)20-13(11)14(17)19-10/h2,5-6,11-14,19,22-23H,3-4,7-10,15-18H2,1H3;4-6,8-9,12,18H,7,10-11,13-14,23H2,1-3H3,(H,24,25);7,12H,4-6,8-9,18H2,1-3H3/t;18-;12-/m.00/s1. The Bertz CT molecular complexity index is 2570. The number of anilines is 2. The van der Waals surface area contributed by atoms with Crippen LogP contribution < -0.4 is 31.6 Å². The lowest BCUT2D eigenvalue weighted by molar-refractivity contribution is -0.0333. The zero-order valence-electron chi connectivity index (χ0n) is 44.8. The van der Waals surface area contributed by atoms with Crippen molar-refractivity contribution in [2.45, 2.75) is 211 Å².